The second-order valence-corrected chi connectivity index (χ2v) is 4.35. The molecular weight excluding hydrogens is 305 g/mol. The fourth-order valence-corrected chi connectivity index (χ4v) is 1.87. The molecule has 0 aliphatic heterocycles. The third-order valence-electron chi connectivity index (χ3n) is 2.52. The SMILES string of the molecule is COc1cc(-c2noc([C@@H](C)N)n2)cc(Cl)c1OC.Cl. The molecular formula is C12H15Cl2N3O3. The topological polar surface area (TPSA) is 83.4 Å². The summed E-state index contributed by atoms with van der Waals surface area (Å²) in [5.41, 5.74) is 6.33. The van der Waals surface area contributed by atoms with Gasteiger partial charge in [-0.1, -0.05) is 16.8 Å². The zero-order chi connectivity index (χ0) is 14.0. The predicted molar refractivity (Wildman–Crippen MR) is 77.7 cm³/mol. The maximum atomic E-state index is 6.12. The molecule has 2 N–H and O–H groups in total. The lowest BCUT2D eigenvalue weighted by Gasteiger charge is -2.10. The van der Waals surface area contributed by atoms with Crippen molar-refractivity contribution in [3.05, 3.63) is 23.0 Å². The number of hydrogen-bond acceptors (Lipinski definition) is 6. The molecule has 0 saturated carbocycles. The Morgan fingerprint density at radius 2 is 2.00 bits per heavy atom. The minimum Gasteiger partial charge on any atom is -0.493 e. The van der Waals surface area contributed by atoms with Crippen LogP contribution in [0.5, 0.6) is 11.5 Å². The van der Waals surface area contributed by atoms with Crippen LogP contribution in [0.1, 0.15) is 18.9 Å². The Morgan fingerprint density at radius 1 is 1.30 bits per heavy atom. The molecule has 110 valence electrons. The van der Waals surface area contributed by atoms with Crippen molar-refractivity contribution in [1.29, 1.82) is 0 Å². The number of nitrogens with zero attached hydrogens (tertiary/aromatic N) is 2. The Bertz CT molecular complexity index is 587. The largest absolute Gasteiger partial charge is 0.493 e. The monoisotopic (exact) mass is 319 g/mol. The lowest BCUT2D eigenvalue weighted by atomic mass is 10.2. The number of aromatic nitrogens is 2. The molecule has 0 fully saturated rings. The number of benzene rings is 1. The summed E-state index contributed by atoms with van der Waals surface area (Å²) in [7, 11) is 3.05. The van der Waals surface area contributed by atoms with Crippen LogP contribution >= 0.6 is 24.0 Å². The normalized spacial score (nSPS) is 11.7. The molecule has 6 nitrogen and oxygen atoms in total. The number of nitrogens with two attached hydrogens (primary N) is 1. The summed E-state index contributed by atoms with van der Waals surface area (Å²) in [6.45, 7) is 1.76. The molecule has 0 saturated heterocycles. The van der Waals surface area contributed by atoms with Crippen LogP contribution in [-0.2, 0) is 0 Å². The van der Waals surface area contributed by atoms with Crippen molar-refractivity contribution in [2.45, 2.75) is 13.0 Å². The molecule has 0 amide bonds. The van der Waals surface area contributed by atoms with Gasteiger partial charge in [-0.15, -0.1) is 12.4 Å². The highest BCUT2D eigenvalue weighted by Crippen LogP contribution is 2.38. The average Bonchev–Trinajstić information content (AvgIpc) is 2.87. The van der Waals surface area contributed by atoms with Gasteiger partial charge in [0.15, 0.2) is 11.5 Å². The van der Waals surface area contributed by atoms with Crippen molar-refractivity contribution in [3.8, 4) is 22.9 Å². The van der Waals surface area contributed by atoms with Crippen LogP contribution in [0, 0.1) is 0 Å². The minimum atomic E-state index is -0.322. The quantitative estimate of drug-likeness (QED) is 0.932. The molecule has 1 atom stereocenters. The third kappa shape index (κ3) is 3.15. The van der Waals surface area contributed by atoms with Crippen LogP contribution in [-0.4, -0.2) is 24.4 Å². The second-order valence-electron chi connectivity index (χ2n) is 3.94. The molecule has 2 aromatic rings. The lowest BCUT2D eigenvalue weighted by molar-refractivity contribution is 0.355. The highest BCUT2D eigenvalue weighted by Gasteiger charge is 2.16. The first-order valence-corrected chi connectivity index (χ1v) is 5.95. The van der Waals surface area contributed by atoms with Gasteiger partial charge in [0.25, 0.3) is 0 Å². The van der Waals surface area contributed by atoms with Crippen LogP contribution in [0.2, 0.25) is 5.02 Å². The number of rotatable bonds is 4. The van der Waals surface area contributed by atoms with E-state index in [4.69, 9.17) is 31.3 Å². The van der Waals surface area contributed by atoms with E-state index in [1.54, 1.807) is 19.1 Å². The van der Waals surface area contributed by atoms with Gasteiger partial charge >= 0.3 is 0 Å². The third-order valence-corrected chi connectivity index (χ3v) is 2.80. The molecule has 0 radical (unpaired) electrons. The summed E-state index contributed by atoms with van der Waals surface area (Å²) in [5.74, 6) is 1.72. The van der Waals surface area contributed by atoms with Crippen molar-refractivity contribution in [2.24, 2.45) is 5.73 Å². The highest BCUT2D eigenvalue weighted by atomic mass is 35.5. The van der Waals surface area contributed by atoms with E-state index in [-0.39, 0.29) is 18.4 Å². The first kappa shape index (κ1) is 16.6. The summed E-state index contributed by atoms with van der Waals surface area (Å²) < 4.78 is 15.4. The zero-order valence-electron chi connectivity index (χ0n) is 11.2. The first-order valence-electron chi connectivity index (χ1n) is 5.58. The van der Waals surface area contributed by atoms with E-state index in [2.05, 4.69) is 10.1 Å². The molecule has 2 rings (SSSR count). The van der Waals surface area contributed by atoms with Gasteiger partial charge in [0, 0.05) is 5.56 Å². The van der Waals surface area contributed by atoms with Gasteiger partial charge in [0.2, 0.25) is 11.7 Å². The van der Waals surface area contributed by atoms with Gasteiger partial charge in [-0.3, -0.25) is 0 Å². The van der Waals surface area contributed by atoms with Crippen molar-refractivity contribution >= 4 is 24.0 Å². The second kappa shape index (κ2) is 6.78. The van der Waals surface area contributed by atoms with Gasteiger partial charge in [0.05, 0.1) is 25.3 Å². The number of hydrogen-bond donors (Lipinski definition) is 1. The summed E-state index contributed by atoms with van der Waals surface area (Å²) in [4.78, 5) is 4.19. The van der Waals surface area contributed by atoms with Gasteiger partial charge in [-0.25, -0.2) is 0 Å². The van der Waals surface area contributed by atoms with Gasteiger partial charge < -0.3 is 19.7 Å². The molecule has 1 heterocycles. The Balaban J connectivity index is 0.00000200. The molecule has 1 aromatic heterocycles. The zero-order valence-corrected chi connectivity index (χ0v) is 12.8. The van der Waals surface area contributed by atoms with Crippen LogP contribution < -0.4 is 15.2 Å². The van der Waals surface area contributed by atoms with Crippen molar-refractivity contribution < 1.29 is 14.0 Å². The summed E-state index contributed by atoms with van der Waals surface area (Å²) in [6, 6.07) is 3.08. The Labute approximate surface area is 127 Å². The maximum absolute atomic E-state index is 6.12. The fraction of sp³-hybridized carbons (Fsp3) is 0.333. The summed E-state index contributed by atoms with van der Waals surface area (Å²) in [5, 5.41) is 4.27. The fourth-order valence-electron chi connectivity index (χ4n) is 1.58. The molecule has 0 bridgehead atoms. The Morgan fingerprint density at radius 3 is 2.50 bits per heavy atom. The summed E-state index contributed by atoms with van der Waals surface area (Å²) >= 11 is 6.12. The Hall–Kier alpha value is -1.50. The smallest absolute Gasteiger partial charge is 0.243 e. The van der Waals surface area contributed by atoms with Crippen molar-refractivity contribution in [1.82, 2.24) is 10.1 Å². The average molecular weight is 320 g/mol. The van der Waals surface area contributed by atoms with Gasteiger partial charge in [-0.2, -0.15) is 4.98 Å². The van der Waals surface area contributed by atoms with Crippen molar-refractivity contribution in [2.75, 3.05) is 14.2 Å². The van der Waals surface area contributed by atoms with E-state index < -0.39 is 0 Å². The number of methoxy groups -OCH3 is 2. The maximum Gasteiger partial charge on any atom is 0.243 e. The molecule has 20 heavy (non-hydrogen) atoms. The Kier molecular flexibility index (Phi) is 5.62. The molecule has 8 heteroatoms. The van der Waals surface area contributed by atoms with Crippen molar-refractivity contribution in [3.63, 3.8) is 0 Å². The molecule has 0 aliphatic carbocycles. The first-order chi connectivity index (χ1) is 9.06. The standard InChI is InChI=1S/C12H14ClN3O3.ClH/c1-6(14)12-15-11(16-19-12)7-4-8(13)10(18-3)9(5-7)17-2;/h4-6H,14H2,1-3H3;1H/t6-;/m1./s1. The number of halogens is 2. The highest BCUT2D eigenvalue weighted by molar-refractivity contribution is 6.32. The van der Waals surface area contributed by atoms with E-state index in [1.165, 1.54) is 14.2 Å². The van der Waals surface area contributed by atoms with E-state index in [1.807, 2.05) is 0 Å². The van der Waals surface area contributed by atoms with Crippen LogP contribution in [0.25, 0.3) is 11.4 Å². The molecule has 0 aliphatic rings. The minimum absolute atomic E-state index is 0. The van der Waals surface area contributed by atoms with Gasteiger partial charge in [-0.05, 0) is 19.1 Å². The van der Waals surface area contributed by atoms with E-state index >= 15 is 0 Å². The summed E-state index contributed by atoms with van der Waals surface area (Å²) in [6.07, 6.45) is 0. The van der Waals surface area contributed by atoms with Crippen LogP contribution in [0.4, 0.5) is 0 Å². The van der Waals surface area contributed by atoms with Crippen LogP contribution in [0.3, 0.4) is 0 Å². The van der Waals surface area contributed by atoms with E-state index in [9.17, 15) is 0 Å². The molecule has 0 spiro atoms. The van der Waals surface area contributed by atoms with Crippen LogP contribution in [0.15, 0.2) is 16.7 Å². The lowest BCUT2D eigenvalue weighted by Crippen LogP contribution is -2.04. The number of ether oxygens (including phenoxy) is 2. The van der Waals surface area contributed by atoms with E-state index in [0.29, 0.717) is 33.8 Å². The van der Waals surface area contributed by atoms with Gasteiger partial charge in [0.1, 0.15) is 0 Å². The predicted octanol–water partition coefficient (Wildman–Crippen LogP) is 2.85. The molecule has 0 unspecified atom stereocenters. The molecule has 1 aromatic carbocycles. The van der Waals surface area contributed by atoms with E-state index in [0.717, 1.165) is 0 Å².